The Kier molecular flexibility index (Phi) is 5.34. The third kappa shape index (κ3) is 3.94. The number of anilines is 1. The summed E-state index contributed by atoms with van der Waals surface area (Å²) in [5.41, 5.74) is 8.17. The van der Waals surface area contributed by atoms with E-state index < -0.39 is 17.3 Å². The largest absolute Gasteiger partial charge is 0.479 e. The second kappa shape index (κ2) is 7.05. The van der Waals surface area contributed by atoms with E-state index in [9.17, 15) is 9.90 Å². The van der Waals surface area contributed by atoms with Gasteiger partial charge < -0.3 is 15.9 Å². The minimum Gasteiger partial charge on any atom is -0.479 e. The lowest BCUT2D eigenvalue weighted by Gasteiger charge is -2.21. The Morgan fingerprint density at radius 1 is 1.23 bits per heavy atom. The lowest BCUT2D eigenvalue weighted by Crippen LogP contribution is -2.26. The van der Waals surface area contributed by atoms with Gasteiger partial charge in [0, 0.05) is 15.6 Å². The Hall–Kier alpha value is -1.69. The van der Waals surface area contributed by atoms with Crippen molar-refractivity contribution in [1.29, 1.82) is 0 Å². The molecule has 2 aromatic carbocycles. The van der Waals surface area contributed by atoms with Crippen molar-refractivity contribution in [2.45, 2.75) is 23.2 Å². The number of nitrogens with two attached hydrogens (primary N) is 1. The van der Waals surface area contributed by atoms with Crippen LogP contribution in [0.3, 0.4) is 0 Å². The van der Waals surface area contributed by atoms with E-state index in [-0.39, 0.29) is 0 Å². The zero-order valence-corrected chi connectivity index (χ0v) is 13.4. The second-order valence-electron chi connectivity index (χ2n) is 4.91. The summed E-state index contributed by atoms with van der Waals surface area (Å²) in [6.07, 6.45) is -1.55. The van der Waals surface area contributed by atoms with E-state index in [2.05, 4.69) is 0 Å². The standard InChI is InChI=1S/C16H16ClNO3S/c1-9-2-4-10(5-3-9)15(14(19)16(20)21)22-13-8-11(17)6-7-12(13)18/h2-8,14-15,19H,18H2,1H3,(H,20,21). The number of carbonyl (C=O) groups is 1. The minimum absolute atomic E-state index is 0.490. The van der Waals surface area contributed by atoms with Crippen LogP contribution in [0.2, 0.25) is 5.02 Å². The number of hydrogen-bond acceptors (Lipinski definition) is 4. The molecule has 0 fully saturated rings. The molecule has 0 bridgehead atoms. The van der Waals surface area contributed by atoms with Gasteiger partial charge in [0.1, 0.15) is 0 Å². The molecule has 0 heterocycles. The Morgan fingerprint density at radius 3 is 2.45 bits per heavy atom. The van der Waals surface area contributed by atoms with Gasteiger partial charge in [-0.1, -0.05) is 41.4 Å². The first-order chi connectivity index (χ1) is 10.4. The van der Waals surface area contributed by atoms with Crippen LogP contribution < -0.4 is 5.73 Å². The van der Waals surface area contributed by atoms with Crippen LogP contribution in [0.1, 0.15) is 16.4 Å². The molecule has 2 atom stereocenters. The van der Waals surface area contributed by atoms with Crippen molar-refractivity contribution in [1.82, 2.24) is 0 Å². The van der Waals surface area contributed by atoms with Crippen LogP contribution in [-0.2, 0) is 4.79 Å². The number of nitrogen functional groups attached to an aromatic ring is 1. The summed E-state index contributed by atoms with van der Waals surface area (Å²) in [6, 6.07) is 12.3. The number of aliphatic hydroxyl groups is 1. The SMILES string of the molecule is Cc1ccc(C(Sc2cc(Cl)ccc2N)C(O)C(=O)O)cc1. The maximum atomic E-state index is 11.2. The summed E-state index contributed by atoms with van der Waals surface area (Å²) in [5.74, 6) is -1.28. The van der Waals surface area contributed by atoms with E-state index in [0.717, 1.165) is 5.56 Å². The Morgan fingerprint density at radius 2 is 1.86 bits per heavy atom. The van der Waals surface area contributed by atoms with Gasteiger partial charge in [0.2, 0.25) is 0 Å². The number of aliphatic hydroxyl groups excluding tert-OH is 1. The molecule has 0 aliphatic heterocycles. The number of halogens is 1. The highest BCUT2D eigenvalue weighted by Crippen LogP contribution is 2.41. The summed E-state index contributed by atoms with van der Waals surface area (Å²) in [7, 11) is 0. The third-order valence-corrected chi connectivity index (χ3v) is 4.80. The molecule has 0 spiro atoms. The van der Waals surface area contributed by atoms with E-state index in [1.807, 2.05) is 19.1 Å². The van der Waals surface area contributed by atoms with Gasteiger partial charge in [0.25, 0.3) is 0 Å². The van der Waals surface area contributed by atoms with Gasteiger partial charge >= 0.3 is 5.97 Å². The molecule has 0 aliphatic rings. The van der Waals surface area contributed by atoms with Crippen LogP contribution in [0.5, 0.6) is 0 Å². The van der Waals surface area contributed by atoms with Crippen molar-refractivity contribution in [3.63, 3.8) is 0 Å². The van der Waals surface area contributed by atoms with Gasteiger partial charge in [0.05, 0.1) is 5.25 Å². The topological polar surface area (TPSA) is 83.5 Å². The molecule has 2 rings (SSSR count). The Labute approximate surface area is 137 Å². The molecular weight excluding hydrogens is 322 g/mol. The van der Waals surface area contributed by atoms with Gasteiger partial charge in [-0.3, -0.25) is 0 Å². The van der Waals surface area contributed by atoms with Crippen molar-refractivity contribution in [2.75, 3.05) is 5.73 Å². The number of carboxylic acids is 1. The van der Waals surface area contributed by atoms with E-state index in [0.29, 0.717) is 21.2 Å². The van der Waals surface area contributed by atoms with Crippen LogP contribution in [-0.4, -0.2) is 22.3 Å². The number of rotatable bonds is 5. The fraction of sp³-hybridized carbons (Fsp3) is 0.188. The maximum absolute atomic E-state index is 11.2. The molecule has 2 unspecified atom stereocenters. The molecular formula is C16H16ClNO3S. The maximum Gasteiger partial charge on any atom is 0.334 e. The van der Waals surface area contributed by atoms with Gasteiger partial charge in [-0.2, -0.15) is 0 Å². The predicted molar refractivity (Wildman–Crippen MR) is 89.3 cm³/mol. The van der Waals surface area contributed by atoms with Crippen molar-refractivity contribution in [3.8, 4) is 0 Å². The van der Waals surface area contributed by atoms with Crippen LogP contribution in [0.15, 0.2) is 47.4 Å². The highest BCUT2D eigenvalue weighted by Gasteiger charge is 2.29. The Balaban J connectivity index is 2.38. The number of hydrogen-bond donors (Lipinski definition) is 3. The predicted octanol–water partition coefficient (Wildman–Crippen LogP) is 3.51. The fourth-order valence-corrected chi connectivity index (χ4v) is 3.40. The van der Waals surface area contributed by atoms with Gasteiger partial charge in [-0.25, -0.2) is 4.79 Å². The van der Waals surface area contributed by atoms with Crippen LogP contribution in [0.25, 0.3) is 0 Å². The van der Waals surface area contributed by atoms with Crippen LogP contribution >= 0.6 is 23.4 Å². The lowest BCUT2D eigenvalue weighted by molar-refractivity contribution is -0.146. The summed E-state index contributed by atoms with van der Waals surface area (Å²) in [5, 5.41) is 19.0. The number of benzene rings is 2. The van der Waals surface area contributed by atoms with E-state index in [1.54, 1.807) is 30.3 Å². The molecule has 0 amide bonds. The average molecular weight is 338 g/mol. The molecule has 0 saturated heterocycles. The zero-order valence-electron chi connectivity index (χ0n) is 11.9. The normalized spacial score (nSPS) is 13.6. The van der Waals surface area contributed by atoms with Gasteiger partial charge in [-0.05, 0) is 30.7 Å². The van der Waals surface area contributed by atoms with E-state index in [4.69, 9.17) is 22.4 Å². The highest BCUT2D eigenvalue weighted by molar-refractivity contribution is 7.99. The summed E-state index contributed by atoms with van der Waals surface area (Å²) >= 11 is 7.15. The lowest BCUT2D eigenvalue weighted by atomic mass is 10.1. The molecule has 0 aliphatic carbocycles. The second-order valence-corrected chi connectivity index (χ2v) is 6.53. The van der Waals surface area contributed by atoms with Crippen molar-refractivity contribution in [2.24, 2.45) is 0 Å². The first-order valence-electron chi connectivity index (χ1n) is 6.57. The van der Waals surface area contributed by atoms with Crippen molar-refractivity contribution < 1.29 is 15.0 Å². The minimum atomic E-state index is -1.55. The molecule has 6 heteroatoms. The van der Waals surface area contributed by atoms with Gasteiger partial charge in [-0.15, -0.1) is 11.8 Å². The first-order valence-corrected chi connectivity index (χ1v) is 7.83. The summed E-state index contributed by atoms with van der Waals surface area (Å²) in [4.78, 5) is 11.8. The van der Waals surface area contributed by atoms with Gasteiger partial charge in [0.15, 0.2) is 6.10 Å². The van der Waals surface area contributed by atoms with E-state index >= 15 is 0 Å². The van der Waals surface area contributed by atoms with Crippen LogP contribution in [0.4, 0.5) is 5.69 Å². The molecule has 0 saturated carbocycles. The zero-order chi connectivity index (χ0) is 16.3. The molecule has 4 N–H and O–H groups in total. The quantitative estimate of drug-likeness (QED) is 0.574. The summed E-state index contributed by atoms with van der Waals surface area (Å²) < 4.78 is 0. The molecule has 2 aromatic rings. The Bertz CT molecular complexity index is 676. The van der Waals surface area contributed by atoms with Crippen LogP contribution in [0, 0.1) is 6.92 Å². The number of carboxylic acid groups (broad SMARTS) is 1. The highest BCUT2D eigenvalue weighted by atomic mass is 35.5. The monoisotopic (exact) mass is 337 g/mol. The fourth-order valence-electron chi connectivity index (χ4n) is 1.95. The molecule has 0 radical (unpaired) electrons. The average Bonchev–Trinajstić information content (AvgIpc) is 2.48. The number of aliphatic carboxylic acids is 1. The molecule has 4 nitrogen and oxygen atoms in total. The van der Waals surface area contributed by atoms with Crippen molar-refractivity contribution >= 4 is 35.0 Å². The smallest absolute Gasteiger partial charge is 0.334 e. The molecule has 0 aromatic heterocycles. The first kappa shape index (κ1) is 16.7. The number of aryl methyl sites for hydroxylation is 1. The third-order valence-electron chi connectivity index (χ3n) is 3.18. The van der Waals surface area contributed by atoms with E-state index in [1.165, 1.54) is 11.8 Å². The summed E-state index contributed by atoms with van der Waals surface area (Å²) in [6.45, 7) is 1.94. The van der Waals surface area contributed by atoms with Crippen molar-refractivity contribution in [3.05, 3.63) is 58.6 Å². The molecule has 22 heavy (non-hydrogen) atoms. The molecule has 116 valence electrons. The number of thioether (sulfide) groups is 1.